The van der Waals surface area contributed by atoms with Crippen molar-refractivity contribution in [3.63, 3.8) is 0 Å². The van der Waals surface area contributed by atoms with Gasteiger partial charge < -0.3 is 10.2 Å². The molecule has 220 valence electrons. The smallest absolute Gasteiger partial charge is 0.273 e. The van der Waals surface area contributed by atoms with Crippen molar-refractivity contribution in [3.05, 3.63) is 98.5 Å². The van der Waals surface area contributed by atoms with Gasteiger partial charge in [-0.2, -0.15) is 5.10 Å². The maximum Gasteiger partial charge on any atom is 0.273 e. The van der Waals surface area contributed by atoms with Crippen LogP contribution in [0.1, 0.15) is 75.1 Å². The second-order valence-corrected chi connectivity index (χ2v) is 12.4. The molecule has 2 fully saturated rings. The van der Waals surface area contributed by atoms with E-state index in [1.807, 2.05) is 49.4 Å². The van der Waals surface area contributed by atoms with Crippen LogP contribution in [0.2, 0.25) is 0 Å². The third kappa shape index (κ3) is 7.94. The minimum absolute atomic E-state index is 0.265. The van der Waals surface area contributed by atoms with Crippen LogP contribution in [0, 0.1) is 13.8 Å². The first-order valence-corrected chi connectivity index (χ1v) is 15.7. The van der Waals surface area contributed by atoms with Crippen molar-refractivity contribution in [1.29, 1.82) is 0 Å². The zero-order chi connectivity index (χ0) is 29.5. The maximum absolute atomic E-state index is 13.1. The van der Waals surface area contributed by atoms with Crippen LogP contribution in [0.25, 0.3) is 0 Å². The summed E-state index contributed by atoms with van der Waals surface area (Å²) < 4.78 is 0.730. The zero-order valence-corrected chi connectivity index (χ0v) is 26.1. The van der Waals surface area contributed by atoms with E-state index in [-0.39, 0.29) is 5.91 Å². The summed E-state index contributed by atoms with van der Waals surface area (Å²) in [6, 6.07) is 19.7. The van der Waals surface area contributed by atoms with Crippen molar-refractivity contribution in [2.75, 3.05) is 31.5 Å². The lowest BCUT2D eigenvalue weighted by Gasteiger charge is -2.40. The van der Waals surface area contributed by atoms with E-state index in [2.05, 4.69) is 48.5 Å². The molecule has 0 bridgehead atoms. The van der Waals surface area contributed by atoms with E-state index in [4.69, 9.17) is 0 Å². The Balaban J connectivity index is 1.16. The van der Waals surface area contributed by atoms with Gasteiger partial charge in [-0.15, -0.1) is 0 Å². The molecular formula is C34H40BrN5O2. The molecule has 7 nitrogen and oxygen atoms in total. The number of hydrogen-bond acceptors (Lipinski definition) is 5. The van der Waals surface area contributed by atoms with Crippen LogP contribution in [0.15, 0.2) is 70.2 Å². The molecule has 0 radical (unpaired) electrons. The van der Waals surface area contributed by atoms with Gasteiger partial charge in [-0.3, -0.25) is 14.5 Å². The summed E-state index contributed by atoms with van der Waals surface area (Å²) in [5, 5.41) is 7.03. The maximum atomic E-state index is 13.1. The predicted molar refractivity (Wildman–Crippen MR) is 173 cm³/mol. The number of nitrogens with zero attached hydrogens (tertiary/aromatic N) is 3. The number of nitrogens with one attached hydrogen (secondary N) is 2. The molecule has 0 spiro atoms. The highest BCUT2D eigenvalue weighted by molar-refractivity contribution is 9.10. The summed E-state index contributed by atoms with van der Waals surface area (Å²) in [4.78, 5) is 31.3. The summed E-state index contributed by atoms with van der Waals surface area (Å²) in [7, 11) is 0. The van der Waals surface area contributed by atoms with E-state index in [0.29, 0.717) is 16.8 Å². The van der Waals surface area contributed by atoms with Gasteiger partial charge in [0, 0.05) is 22.6 Å². The second-order valence-electron chi connectivity index (χ2n) is 11.5. The van der Waals surface area contributed by atoms with Gasteiger partial charge in [-0.25, -0.2) is 5.43 Å². The van der Waals surface area contributed by atoms with Crippen molar-refractivity contribution in [2.24, 2.45) is 5.10 Å². The number of aryl methyl sites for hydroxylation is 2. The summed E-state index contributed by atoms with van der Waals surface area (Å²) in [6.45, 7) is 9.75. The predicted octanol–water partition coefficient (Wildman–Crippen LogP) is 6.53. The number of hydrazone groups is 1. The lowest BCUT2D eigenvalue weighted by molar-refractivity contribution is 0.0896. The van der Waals surface area contributed by atoms with Gasteiger partial charge in [0.1, 0.15) is 0 Å². The Hall–Kier alpha value is -3.33. The van der Waals surface area contributed by atoms with Crippen molar-refractivity contribution in [2.45, 2.75) is 58.5 Å². The molecule has 8 heteroatoms. The van der Waals surface area contributed by atoms with Crippen LogP contribution in [0.4, 0.5) is 5.69 Å². The van der Waals surface area contributed by atoms with Gasteiger partial charge in [0.2, 0.25) is 0 Å². The van der Waals surface area contributed by atoms with Crippen molar-refractivity contribution >= 4 is 39.6 Å². The van der Waals surface area contributed by atoms with Gasteiger partial charge in [0.25, 0.3) is 11.8 Å². The fraction of sp³-hybridized carbons (Fsp3) is 0.382. The minimum atomic E-state index is -0.411. The van der Waals surface area contributed by atoms with Gasteiger partial charge in [-0.05, 0) is 118 Å². The first-order valence-electron chi connectivity index (χ1n) is 14.9. The molecule has 2 saturated heterocycles. The molecular weight excluding hydrogens is 590 g/mol. The standard InChI is InChI=1S/C34H40BrN5O2/c1-24-6-7-27(20-25(24)2)22-36-38-34(42)31-21-29(35)12-13-32(31)37-33(41)28-10-8-26(9-11-28)23-39-18-14-30(15-19-39)40-16-4-3-5-17-40/h6-13,20-22,30H,3-5,14-19,23H2,1-2H3,(H,37,41)(H,38,42). The highest BCUT2D eigenvalue weighted by Gasteiger charge is 2.25. The number of halogens is 1. The first-order chi connectivity index (χ1) is 20.4. The SMILES string of the molecule is Cc1ccc(C=NNC(=O)c2cc(Br)ccc2NC(=O)c2ccc(CN3CCC(N4CCCCC4)CC3)cc2)cc1C. The van der Waals surface area contributed by atoms with Gasteiger partial charge in [-0.1, -0.05) is 52.7 Å². The van der Waals surface area contributed by atoms with E-state index in [0.717, 1.165) is 41.3 Å². The van der Waals surface area contributed by atoms with E-state index < -0.39 is 5.91 Å². The normalized spacial score (nSPS) is 16.9. The molecule has 2 N–H and O–H groups in total. The molecule has 2 aliphatic heterocycles. The summed E-state index contributed by atoms with van der Waals surface area (Å²) in [6.07, 6.45) is 8.16. The van der Waals surface area contributed by atoms with Crippen LogP contribution in [-0.4, -0.2) is 60.0 Å². The molecule has 0 unspecified atom stereocenters. The lowest BCUT2D eigenvalue weighted by atomic mass is 9.99. The molecule has 42 heavy (non-hydrogen) atoms. The molecule has 0 aliphatic carbocycles. The van der Waals surface area contributed by atoms with E-state index in [1.54, 1.807) is 24.4 Å². The Kier molecular flexibility index (Phi) is 10.2. The third-order valence-corrected chi connectivity index (χ3v) is 8.96. The molecule has 3 aromatic carbocycles. The average Bonchev–Trinajstić information content (AvgIpc) is 3.01. The molecule has 2 aliphatic rings. The number of likely N-dealkylation sites (tertiary alicyclic amines) is 2. The van der Waals surface area contributed by atoms with E-state index in [1.165, 1.54) is 56.3 Å². The highest BCUT2D eigenvalue weighted by atomic mass is 79.9. The minimum Gasteiger partial charge on any atom is -0.321 e. The summed E-state index contributed by atoms with van der Waals surface area (Å²) >= 11 is 3.43. The van der Waals surface area contributed by atoms with Crippen LogP contribution in [-0.2, 0) is 6.54 Å². The number of rotatable bonds is 8. The highest BCUT2D eigenvalue weighted by Crippen LogP contribution is 2.24. The Labute approximate surface area is 257 Å². The van der Waals surface area contributed by atoms with E-state index in [9.17, 15) is 9.59 Å². The Bertz CT molecular complexity index is 1420. The van der Waals surface area contributed by atoms with Crippen LogP contribution >= 0.6 is 15.9 Å². The monoisotopic (exact) mass is 629 g/mol. The van der Waals surface area contributed by atoms with Crippen molar-refractivity contribution < 1.29 is 9.59 Å². The Morgan fingerprint density at radius 1 is 0.881 bits per heavy atom. The lowest BCUT2D eigenvalue weighted by Crippen LogP contribution is -2.46. The number of benzene rings is 3. The average molecular weight is 631 g/mol. The quantitative estimate of drug-likeness (QED) is 0.219. The van der Waals surface area contributed by atoms with E-state index >= 15 is 0 Å². The number of piperidine rings is 2. The van der Waals surface area contributed by atoms with Gasteiger partial charge >= 0.3 is 0 Å². The molecule has 0 saturated carbocycles. The van der Waals surface area contributed by atoms with Crippen molar-refractivity contribution in [1.82, 2.24) is 15.2 Å². The first kappa shape index (κ1) is 30.1. The molecule has 0 atom stereocenters. The summed E-state index contributed by atoms with van der Waals surface area (Å²) in [5.41, 5.74) is 8.32. The Morgan fingerprint density at radius 3 is 2.33 bits per heavy atom. The van der Waals surface area contributed by atoms with Gasteiger partial charge in [0.15, 0.2) is 0 Å². The summed E-state index contributed by atoms with van der Waals surface area (Å²) in [5.74, 6) is -0.676. The zero-order valence-electron chi connectivity index (χ0n) is 24.5. The second kappa shape index (κ2) is 14.2. The number of carbonyl (C=O) groups is 2. The molecule has 2 amide bonds. The molecule has 2 heterocycles. The largest absolute Gasteiger partial charge is 0.321 e. The van der Waals surface area contributed by atoms with Crippen LogP contribution in [0.5, 0.6) is 0 Å². The van der Waals surface area contributed by atoms with Crippen LogP contribution < -0.4 is 10.7 Å². The number of anilines is 1. The molecule has 5 rings (SSSR count). The Morgan fingerprint density at radius 2 is 1.62 bits per heavy atom. The fourth-order valence-corrected chi connectivity index (χ4v) is 6.19. The topological polar surface area (TPSA) is 77.0 Å². The van der Waals surface area contributed by atoms with Crippen molar-refractivity contribution in [3.8, 4) is 0 Å². The number of amides is 2. The van der Waals surface area contributed by atoms with Gasteiger partial charge in [0.05, 0.1) is 17.5 Å². The third-order valence-electron chi connectivity index (χ3n) is 8.47. The number of carbonyl (C=O) groups excluding carboxylic acids is 2. The fourth-order valence-electron chi connectivity index (χ4n) is 5.82. The molecule has 0 aromatic heterocycles. The van der Waals surface area contributed by atoms with Crippen LogP contribution in [0.3, 0.4) is 0 Å². The number of hydrogen-bond donors (Lipinski definition) is 2. The molecule has 3 aromatic rings.